The molecule has 6 nitrogen and oxygen atoms in total. The number of imidazole rings is 1. The van der Waals surface area contributed by atoms with E-state index in [9.17, 15) is 8.78 Å². The van der Waals surface area contributed by atoms with Crippen LogP contribution in [0.3, 0.4) is 0 Å². The molecule has 1 aromatic carbocycles. The molecule has 4 aromatic rings. The number of nitrogens with zero attached hydrogens (tertiary/aromatic N) is 5. The zero-order valence-electron chi connectivity index (χ0n) is 12.6. The van der Waals surface area contributed by atoms with Crippen LogP contribution in [0.5, 0.6) is 0 Å². The lowest BCUT2D eigenvalue weighted by Gasteiger charge is -1.99. The number of H-pyrrole nitrogens is 1. The Morgan fingerprint density at radius 3 is 2.80 bits per heavy atom. The molecule has 0 spiro atoms. The van der Waals surface area contributed by atoms with Crippen LogP contribution in [0.1, 0.15) is 5.69 Å². The van der Waals surface area contributed by atoms with Gasteiger partial charge < -0.3 is 4.98 Å². The third-order valence-corrected chi connectivity index (χ3v) is 3.78. The first-order valence-electron chi connectivity index (χ1n) is 7.27. The average molecular weight is 360 g/mol. The molecule has 0 aliphatic heterocycles. The van der Waals surface area contributed by atoms with Gasteiger partial charge in [-0.1, -0.05) is 17.7 Å². The molecule has 0 atom stereocenters. The SMILES string of the molecule is Fc1cccc(-c2nc3nc[n+](Cc4ccc(Cl)nn4)cc3[nH]2)c1F. The molecule has 3 aromatic heterocycles. The van der Waals surface area contributed by atoms with Gasteiger partial charge in [-0.3, -0.25) is 0 Å². The minimum absolute atomic E-state index is 0.0492. The maximum absolute atomic E-state index is 13.9. The van der Waals surface area contributed by atoms with E-state index in [1.54, 1.807) is 29.2 Å². The van der Waals surface area contributed by atoms with E-state index in [1.807, 2.05) is 0 Å². The van der Waals surface area contributed by atoms with Crippen LogP contribution in [-0.2, 0) is 6.54 Å². The predicted molar refractivity (Wildman–Crippen MR) is 85.6 cm³/mol. The number of nitrogens with one attached hydrogen (secondary N) is 1. The second kappa shape index (κ2) is 6.14. The van der Waals surface area contributed by atoms with Crippen molar-refractivity contribution >= 4 is 22.8 Å². The summed E-state index contributed by atoms with van der Waals surface area (Å²) in [6.45, 7) is 0.426. The van der Waals surface area contributed by atoms with Gasteiger partial charge >= 0.3 is 0 Å². The molecule has 0 saturated heterocycles. The van der Waals surface area contributed by atoms with Crippen LogP contribution in [0.4, 0.5) is 8.78 Å². The van der Waals surface area contributed by atoms with E-state index in [1.165, 1.54) is 12.1 Å². The van der Waals surface area contributed by atoms with Crippen LogP contribution >= 0.6 is 11.6 Å². The largest absolute Gasteiger partial charge is 0.332 e. The number of benzene rings is 1. The number of rotatable bonds is 3. The highest BCUT2D eigenvalue weighted by atomic mass is 35.5. The summed E-state index contributed by atoms with van der Waals surface area (Å²) in [4.78, 5) is 11.4. The van der Waals surface area contributed by atoms with Crippen LogP contribution < -0.4 is 4.57 Å². The molecule has 25 heavy (non-hydrogen) atoms. The van der Waals surface area contributed by atoms with Gasteiger partial charge in [-0.25, -0.2) is 13.3 Å². The van der Waals surface area contributed by atoms with Crippen LogP contribution in [0.25, 0.3) is 22.6 Å². The summed E-state index contributed by atoms with van der Waals surface area (Å²) >= 11 is 5.71. The van der Waals surface area contributed by atoms with Crippen molar-refractivity contribution in [1.29, 1.82) is 0 Å². The first-order valence-corrected chi connectivity index (χ1v) is 7.65. The molecular formula is C16H10ClF2N6+. The molecule has 0 bridgehead atoms. The van der Waals surface area contributed by atoms with Crippen molar-refractivity contribution in [1.82, 2.24) is 25.1 Å². The number of aromatic nitrogens is 6. The van der Waals surface area contributed by atoms with Crippen molar-refractivity contribution in [3.8, 4) is 11.4 Å². The van der Waals surface area contributed by atoms with E-state index in [0.29, 0.717) is 28.6 Å². The summed E-state index contributed by atoms with van der Waals surface area (Å²) in [5.41, 5.74) is 1.74. The van der Waals surface area contributed by atoms with Crippen LogP contribution in [-0.4, -0.2) is 25.1 Å². The smallest absolute Gasteiger partial charge is 0.295 e. The highest BCUT2D eigenvalue weighted by molar-refractivity contribution is 6.29. The van der Waals surface area contributed by atoms with Gasteiger partial charge in [0.2, 0.25) is 0 Å². The van der Waals surface area contributed by atoms with Gasteiger partial charge in [0, 0.05) is 0 Å². The number of fused-ring (bicyclic) bond motifs is 1. The highest BCUT2D eigenvalue weighted by Gasteiger charge is 2.17. The van der Waals surface area contributed by atoms with Crippen molar-refractivity contribution in [3.05, 3.63) is 65.3 Å². The maximum Gasteiger partial charge on any atom is 0.295 e. The van der Waals surface area contributed by atoms with Gasteiger partial charge in [0.05, 0.1) is 5.56 Å². The molecule has 0 aliphatic rings. The Hall–Kier alpha value is -3.00. The Morgan fingerprint density at radius 2 is 2.00 bits per heavy atom. The van der Waals surface area contributed by atoms with Gasteiger partial charge in [0.1, 0.15) is 24.3 Å². The fraction of sp³-hybridized carbons (Fsp3) is 0.0625. The quantitative estimate of drug-likeness (QED) is 0.571. The van der Waals surface area contributed by atoms with Crippen molar-refractivity contribution < 1.29 is 13.3 Å². The standard InChI is InChI=1S/C16H9ClF2N6/c17-13-5-4-9(23-24-13)6-25-7-12-16(20-8-25)22-15(21-12)10-2-1-3-11(18)14(10)19/h1-5,7-8H,6H2/p+1. The topological polar surface area (TPSA) is 71.2 Å². The van der Waals surface area contributed by atoms with Gasteiger partial charge in [0.25, 0.3) is 12.0 Å². The average Bonchev–Trinajstić information content (AvgIpc) is 3.02. The van der Waals surface area contributed by atoms with Crippen molar-refractivity contribution in [2.75, 3.05) is 0 Å². The van der Waals surface area contributed by atoms with E-state index < -0.39 is 11.6 Å². The lowest BCUT2D eigenvalue weighted by atomic mass is 10.2. The molecule has 0 fully saturated rings. The minimum Gasteiger partial charge on any atom is -0.332 e. The molecule has 1 N–H and O–H groups in total. The molecule has 9 heteroatoms. The van der Waals surface area contributed by atoms with E-state index >= 15 is 0 Å². The van der Waals surface area contributed by atoms with E-state index in [2.05, 4.69) is 25.1 Å². The fourth-order valence-electron chi connectivity index (χ4n) is 2.41. The minimum atomic E-state index is -0.953. The molecule has 0 amide bonds. The van der Waals surface area contributed by atoms with Crippen molar-refractivity contribution in [3.63, 3.8) is 0 Å². The first kappa shape index (κ1) is 15.5. The zero-order valence-corrected chi connectivity index (χ0v) is 13.4. The Morgan fingerprint density at radius 1 is 1.12 bits per heavy atom. The van der Waals surface area contributed by atoms with E-state index in [-0.39, 0.29) is 11.4 Å². The lowest BCUT2D eigenvalue weighted by molar-refractivity contribution is -0.690. The van der Waals surface area contributed by atoms with Gasteiger partial charge in [-0.05, 0) is 29.2 Å². The molecular weight excluding hydrogens is 350 g/mol. The van der Waals surface area contributed by atoms with Crippen LogP contribution in [0.2, 0.25) is 5.15 Å². The van der Waals surface area contributed by atoms with Gasteiger partial charge in [-0.2, -0.15) is 4.98 Å². The predicted octanol–water partition coefficient (Wildman–Crippen LogP) is 2.68. The Labute approximate surface area is 145 Å². The normalized spacial score (nSPS) is 11.2. The number of hydrogen-bond donors (Lipinski definition) is 1. The Balaban J connectivity index is 1.69. The monoisotopic (exact) mass is 359 g/mol. The molecule has 0 aliphatic carbocycles. The second-order valence-electron chi connectivity index (χ2n) is 5.32. The summed E-state index contributed by atoms with van der Waals surface area (Å²) in [7, 11) is 0. The Bertz CT molecular complexity index is 1060. The molecule has 3 heterocycles. The molecule has 124 valence electrons. The lowest BCUT2D eigenvalue weighted by Crippen LogP contribution is -2.34. The Kier molecular flexibility index (Phi) is 3.81. The highest BCUT2D eigenvalue weighted by Crippen LogP contribution is 2.23. The van der Waals surface area contributed by atoms with Crippen LogP contribution in [0, 0.1) is 11.6 Å². The zero-order chi connectivity index (χ0) is 17.4. The third kappa shape index (κ3) is 3.03. The summed E-state index contributed by atoms with van der Waals surface area (Å²) in [6.07, 6.45) is 3.33. The van der Waals surface area contributed by atoms with Crippen LogP contribution in [0.15, 0.2) is 42.9 Å². The molecule has 0 radical (unpaired) electrons. The van der Waals surface area contributed by atoms with E-state index in [4.69, 9.17) is 11.6 Å². The summed E-state index contributed by atoms with van der Waals surface area (Å²) in [6, 6.07) is 7.34. The van der Waals surface area contributed by atoms with Gasteiger partial charge in [-0.15, -0.1) is 10.2 Å². The van der Waals surface area contributed by atoms with Crippen molar-refractivity contribution in [2.45, 2.75) is 6.54 Å². The molecule has 0 saturated carbocycles. The number of aromatic amines is 1. The van der Waals surface area contributed by atoms with Crippen molar-refractivity contribution in [2.24, 2.45) is 0 Å². The maximum atomic E-state index is 13.9. The number of halogens is 3. The second-order valence-corrected chi connectivity index (χ2v) is 5.70. The first-order chi connectivity index (χ1) is 12.1. The molecule has 4 rings (SSSR count). The summed E-state index contributed by atoms with van der Waals surface area (Å²) < 4.78 is 29.1. The van der Waals surface area contributed by atoms with Gasteiger partial charge in [0.15, 0.2) is 22.3 Å². The number of hydrogen-bond acceptors (Lipinski definition) is 4. The van der Waals surface area contributed by atoms with E-state index in [0.717, 1.165) is 6.07 Å². The summed E-state index contributed by atoms with van der Waals surface area (Å²) in [5.74, 6) is -1.67. The third-order valence-electron chi connectivity index (χ3n) is 3.57. The molecule has 0 unspecified atom stereocenters. The summed E-state index contributed by atoms with van der Waals surface area (Å²) in [5, 5.41) is 8.08. The fourth-order valence-corrected chi connectivity index (χ4v) is 2.51.